The van der Waals surface area contributed by atoms with Crippen LogP contribution < -0.4 is 11.1 Å². The standard InChI is InChI=1S/C6H12N2O3S/c1-4(7)6-2-5(3-8-6)12(9,10)11/h5-6,8H,1-3,7H2,(H,9,10,11)/t5-,6-/m0/s1. The molecule has 0 amide bonds. The minimum absolute atomic E-state index is 0.197. The molecule has 1 heterocycles. The van der Waals surface area contributed by atoms with Crippen LogP contribution in [0.15, 0.2) is 12.3 Å². The number of nitrogens with two attached hydrogens (primary N) is 1. The van der Waals surface area contributed by atoms with Gasteiger partial charge in [-0.05, 0) is 6.42 Å². The van der Waals surface area contributed by atoms with E-state index in [1.807, 2.05) is 0 Å². The van der Waals surface area contributed by atoms with E-state index in [1.54, 1.807) is 0 Å². The van der Waals surface area contributed by atoms with Crippen molar-refractivity contribution >= 4 is 10.1 Å². The van der Waals surface area contributed by atoms with E-state index in [-0.39, 0.29) is 12.6 Å². The van der Waals surface area contributed by atoms with Crippen molar-refractivity contribution in [1.82, 2.24) is 5.32 Å². The molecule has 0 spiro atoms. The van der Waals surface area contributed by atoms with Crippen LogP contribution in [0.2, 0.25) is 0 Å². The Kier molecular flexibility index (Phi) is 2.41. The summed E-state index contributed by atoms with van der Waals surface area (Å²) in [6.45, 7) is 3.73. The van der Waals surface area contributed by atoms with Crippen LogP contribution in [0, 0.1) is 0 Å². The topological polar surface area (TPSA) is 92.4 Å². The molecule has 0 aromatic carbocycles. The Morgan fingerprint density at radius 3 is 2.50 bits per heavy atom. The van der Waals surface area contributed by atoms with Gasteiger partial charge in [-0.25, -0.2) is 0 Å². The van der Waals surface area contributed by atoms with Gasteiger partial charge in [0.1, 0.15) is 5.25 Å². The molecule has 70 valence electrons. The van der Waals surface area contributed by atoms with Crippen LogP contribution in [0.5, 0.6) is 0 Å². The van der Waals surface area contributed by atoms with Gasteiger partial charge in [-0.2, -0.15) is 8.42 Å². The van der Waals surface area contributed by atoms with E-state index in [2.05, 4.69) is 11.9 Å². The van der Waals surface area contributed by atoms with Gasteiger partial charge >= 0.3 is 0 Å². The molecule has 1 aliphatic heterocycles. The lowest BCUT2D eigenvalue weighted by atomic mass is 10.2. The molecule has 0 aliphatic carbocycles. The van der Waals surface area contributed by atoms with Gasteiger partial charge in [0.05, 0.1) is 0 Å². The summed E-state index contributed by atoms with van der Waals surface area (Å²) in [6, 6.07) is -0.197. The highest BCUT2D eigenvalue weighted by atomic mass is 32.2. The predicted octanol–water partition coefficient (Wildman–Crippen LogP) is -0.923. The molecule has 0 unspecified atom stereocenters. The maximum atomic E-state index is 10.6. The van der Waals surface area contributed by atoms with Gasteiger partial charge in [0, 0.05) is 18.3 Å². The molecule has 0 aromatic heterocycles. The molecular formula is C6H12N2O3S. The van der Waals surface area contributed by atoms with Crippen molar-refractivity contribution in [2.75, 3.05) is 6.54 Å². The van der Waals surface area contributed by atoms with Gasteiger partial charge in [0.15, 0.2) is 0 Å². The fourth-order valence-corrected chi connectivity index (χ4v) is 1.96. The van der Waals surface area contributed by atoms with Gasteiger partial charge in [0.2, 0.25) is 0 Å². The number of hydrogen-bond donors (Lipinski definition) is 3. The largest absolute Gasteiger partial charge is 0.401 e. The summed E-state index contributed by atoms with van der Waals surface area (Å²) >= 11 is 0. The second-order valence-electron chi connectivity index (χ2n) is 2.91. The van der Waals surface area contributed by atoms with Crippen molar-refractivity contribution < 1.29 is 13.0 Å². The smallest absolute Gasteiger partial charge is 0.269 e. The zero-order chi connectivity index (χ0) is 9.35. The molecule has 0 aromatic rings. The van der Waals surface area contributed by atoms with Crippen LogP contribution in [0.1, 0.15) is 6.42 Å². The normalized spacial score (nSPS) is 30.4. The van der Waals surface area contributed by atoms with Crippen molar-refractivity contribution in [3.8, 4) is 0 Å². The van der Waals surface area contributed by atoms with Gasteiger partial charge in [0.25, 0.3) is 10.1 Å². The zero-order valence-electron chi connectivity index (χ0n) is 6.53. The lowest BCUT2D eigenvalue weighted by molar-refractivity contribution is 0.469. The molecule has 0 bridgehead atoms. The second kappa shape index (κ2) is 3.04. The first kappa shape index (κ1) is 9.50. The van der Waals surface area contributed by atoms with E-state index >= 15 is 0 Å². The maximum absolute atomic E-state index is 10.6. The Morgan fingerprint density at radius 2 is 2.25 bits per heavy atom. The molecule has 0 radical (unpaired) electrons. The molecule has 1 saturated heterocycles. The van der Waals surface area contributed by atoms with Gasteiger partial charge in [-0.1, -0.05) is 6.58 Å². The summed E-state index contributed by atoms with van der Waals surface area (Å²) in [5.41, 5.74) is 5.77. The van der Waals surface area contributed by atoms with E-state index in [0.29, 0.717) is 12.1 Å². The second-order valence-corrected chi connectivity index (χ2v) is 4.61. The lowest BCUT2D eigenvalue weighted by Crippen LogP contribution is -2.27. The zero-order valence-corrected chi connectivity index (χ0v) is 7.34. The summed E-state index contributed by atoms with van der Waals surface area (Å²) in [4.78, 5) is 0. The highest BCUT2D eigenvalue weighted by molar-refractivity contribution is 7.86. The van der Waals surface area contributed by atoms with E-state index in [1.165, 1.54) is 0 Å². The highest BCUT2D eigenvalue weighted by Crippen LogP contribution is 2.16. The van der Waals surface area contributed by atoms with Crippen LogP contribution in [0.25, 0.3) is 0 Å². The summed E-state index contributed by atoms with van der Waals surface area (Å²) in [7, 11) is -3.93. The fourth-order valence-electron chi connectivity index (χ4n) is 1.21. The van der Waals surface area contributed by atoms with Crippen molar-refractivity contribution in [2.45, 2.75) is 17.7 Å². The molecule has 1 aliphatic rings. The third-order valence-electron chi connectivity index (χ3n) is 1.96. The van der Waals surface area contributed by atoms with Crippen LogP contribution in [-0.2, 0) is 10.1 Å². The Balaban J connectivity index is 2.64. The number of nitrogens with one attached hydrogen (secondary N) is 1. The van der Waals surface area contributed by atoms with Crippen LogP contribution in [0.4, 0.5) is 0 Å². The first-order valence-corrected chi connectivity index (χ1v) is 5.05. The van der Waals surface area contributed by atoms with Crippen molar-refractivity contribution in [1.29, 1.82) is 0 Å². The van der Waals surface area contributed by atoms with Crippen LogP contribution >= 0.6 is 0 Å². The molecule has 6 heteroatoms. The van der Waals surface area contributed by atoms with Gasteiger partial charge in [-0.15, -0.1) is 0 Å². The minimum atomic E-state index is -3.93. The molecule has 12 heavy (non-hydrogen) atoms. The molecule has 1 fully saturated rings. The monoisotopic (exact) mass is 192 g/mol. The Hall–Kier alpha value is -0.590. The van der Waals surface area contributed by atoms with Gasteiger partial charge < -0.3 is 11.1 Å². The molecule has 1 rings (SSSR count). The molecule has 5 nitrogen and oxygen atoms in total. The van der Waals surface area contributed by atoms with E-state index in [4.69, 9.17) is 10.3 Å². The number of hydrogen-bond acceptors (Lipinski definition) is 4. The molecule has 4 N–H and O–H groups in total. The molecule has 0 saturated carbocycles. The minimum Gasteiger partial charge on any atom is -0.401 e. The van der Waals surface area contributed by atoms with Crippen LogP contribution in [-0.4, -0.2) is 30.8 Å². The molecular weight excluding hydrogens is 180 g/mol. The Labute approximate surface area is 71.4 Å². The average Bonchev–Trinajstić information content (AvgIpc) is 2.30. The Morgan fingerprint density at radius 1 is 1.67 bits per heavy atom. The van der Waals surface area contributed by atoms with Gasteiger partial charge in [-0.3, -0.25) is 4.55 Å². The SMILES string of the molecule is C=C(N)[C@@H]1C[C@H](S(=O)(=O)O)CN1. The predicted molar refractivity (Wildman–Crippen MR) is 45.1 cm³/mol. The maximum Gasteiger partial charge on any atom is 0.269 e. The summed E-state index contributed by atoms with van der Waals surface area (Å²) in [5.74, 6) is 0. The van der Waals surface area contributed by atoms with Crippen LogP contribution in [0.3, 0.4) is 0 Å². The van der Waals surface area contributed by atoms with E-state index in [9.17, 15) is 8.42 Å². The third kappa shape index (κ3) is 1.96. The lowest BCUT2D eigenvalue weighted by Gasteiger charge is -2.07. The summed E-state index contributed by atoms with van der Waals surface area (Å²) in [5, 5.41) is 2.10. The number of rotatable bonds is 2. The summed E-state index contributed by atoms with van der Waals surface area (Å²) < 4.78 is 30.0. The first-order chi connectivity index (χ1) is 5.41. The molecule has 2 atom stereocenters. The summed E-state index contributed by atoms with van der Waals surface area (Å²) in [6.07, 6.45) is 0.300. The quantitative estimate of drug-likeness (QED) is 0.492. The van der Waals surface area contributed by atoms with Crippen molar-refractivity contribution in [3.63, 3.8) is 0 Å². The van der Waals surface area contributed by atoms with E-state index in [0.717, 1.165) is 0 Å². The Bertz CT molecular complexity index is 285. The fraction of sp³-hybridized carbons (Fsp3) is 0.667. The highest BCUT2D eigenvalue weighted by Gasteiger charge is 2.33. The van der Waals surface area contributed by atoms with E-state index < -0.39 is 15.4 Å². The first-order valence-electron chi connectivity index (χ1n) is 3.55. The third-order valence-corrected chi connectivity index (χ3v) is 3.16. The van der Waals surface area contributed by atoms with Crippen molar-refractivity contribution in [3.05, 3.63) is 12.3 Å². The van der Waals surface area contributed by atoms with Crippen molar-refractivity contribution in [2.24, 2.45) is 5.73 Å². The average molecular weight is 192 g/mol.